The van der Waals surface area contributed by atoms with E-state index in [0.29, 0.717) is 6.42 Å². The van der Waals surface area contributed by atoms with Crippen molar-refractivity contribution in [1.29, 1.82) is 0 Å². The second-order valence-corrected chi connectivity index (χ2v) is 28.5. The van der Waals surface area contributed by atoms with Gasteiger partial charge in [0, 0.05) is 61.7 Å². The quantitative estimate of drug-likeness (QED) is 0.105. The molecule has 0 radical (unpaired) electrons. The van der Waals surface area contributed by atoms with Crippen molar-refractivity contribution in [1.82, 2.24) is 46.6 Å². The van der Waals surface area contributed by atoms with E-state index in [1.54, 1.807) is 62.3 Å². The number of methoxy groups -OCH3 is 1. The third-order valence-electron chi connectivity index (χ3n) is 17.8. The summed E-state index contributed by atoms with van der Waals surface area (Å²) in [7, 11) is 1.32. The Kier molecular flexibility index (Phi) is 18.7. The van der Waals surface area contributed by atoms with Gasteiger partial charge in [-0.3, -0.25) is 43.5 Å². The van der Waals surface area contributed by atoms with Gasteiger partial charge in [0.25, 0.3) is 0 Å². The molecule has 1 aromatic rings. The third kappa shape index (κ3) is 14.8. The van der Waals surface area contributed by atoms with Crippen molar-refractivity contribution >= 4 is 59.9 Å². The minimum absolute atomic E-state index is 0.00336. The summed E-state index contributed by atoms with van der Waals surface area (Å²) in [5, 5.41) is 18.1. The van der Waals surface area contributed by atoms with E-state index in [4.69, 9.17) is 23.7 Å². The van der Waals surface area contributed by atoms with E-state index in [1.165, 1.54) is 21.8 Å². The molecule has 84 heavy (non-hydrogen) atoms. The normalized spacial score (nSPS) is 29.3. The maximum Gasteiger partial charge on any atom is 0.411 e. The smallest absolute Gasteiger partial charge is 0.411 e. The summed E-state index contributed by atoms with van der Waals surface area (Å²) in [6, 6.07) is 2.91. The van der Waals surface area contributed by atoms with Crippen molar-refractivity contribution in [2.45, 2.75) is 220 Å². The molecule has 9 amide bonds. The SMILES string of the molecule is COC(=O)[C@H]1C[C@@H](NC(=O)[C@@H]2C[C@H](NC(=O)[C@H]3C[C@@H](NC(=O)[C@@H]4C[C@H](NC(=O)[C@H]5C[C@@H](NC(=O)[C@@H]6C[C@H](NC(=O)OCc7ccccc7)CN6C(=O)OC(C)(C)C)C5(C)C)CN4C(=O)OC(C)(C)C)C3(C)C)CN2C(=O)OC(C)(C)C)C1(C)C. The van der Waals surface area contributed by atoms with Crippen LogP contribution in [0.5, 0.6) is 0 Å². The van der Waals surface area contributed by atoms with Crippen molar-refractivity contribution < 1.29 is 71.6 Å². The van der Waals surface area contributed by atoms with Crippen LogP contribution in [0, 0.1) is 34.0 Å². The molecule has 24 heteroatoms. The summed E-state index contributed by atoms with van der Waals surface area (Å²) >= 11 is 0. The summed E-state index contributed by atoms with van der Waals surface area (Å²) in [4.78, 5) is 141. The lowest BCUT2D eigenvalue weighted by Gasteiger charge is -2.51. The molecule has 6 aliphatic rings. The van der Waals surface area contributed by atoms with Crippen LogP contribution in [0.1, 0.15) is 148 Å². The Morgan fingerprint density at radius 3 is 1.08 bits per heavy atom. The molecule has 3 aliphatic carbocycles. The average molecular weight is 1180 g/mol. The molecule has 6 fully saturated rings. The van der Waals surface area contributed by atoms with Gasteiger partial charge in [-0.1, -0.05) is 71.9 Å². The molecule has 0 unspecified atom stereocenters. The number of nitrogens with one attached hydrogen (secondary N) is 6. The van der Waals surface area contributed by atoms with Crippen molar-refractivity contribution in [2.75, 3.05) is 26.7 Å². The number of amides is 9. The van der Waals surface area contributed by atoms with Gasteiger partial charge in [0.1, 0.15) is 41.5 Å². The summed E-state index contributed by atoms with van der Waals surface area (Å²) in [6.45, 7) is 26.6. The minimum atomic E-state index is -1.05. The number of rotatable bonds is 14. The van der Waals surface area contributed by atoms with Crippen LogP contribution in [0.15, 0.2) is 30.3 Å². The molecule has 3 heterocycles. The van der Waals surface area contributed by atoms with Crippen LogP contribution in [0.25, 0.3) is 0 Å². The molecule has 0 aromatic heterocycles. The fourth-order valence-electron chi connectivity index (χ4n) is 12.4. The molecular formula is C60H91N9O15. The molecule has 3 saturated carbocycles. The van der Waals surface area contributed by atoms with E-state index in [-0.39, 0.29) is 82.2 Å². The summed E-state index contributed by atoms with van der Waals surface area (Å²) in [6.07, 6.45) is -1.71. The van der Waals surface area contributed by atoms with Crippen molar-refractivity contribution in [2.24, 2.45) is 34.0 Å². The minimum Gasteiger partial charge on any atom is -0.469 e. The number of alkyl carbamates (subject to hydrolysis) is 1. The molecule has 12 atom stereocenters. The van der Waals surface area contributed by atoms with E-state index in [1.807, 2.05) is 71.9 Å². The Morgan fingerprint density at radius 1 is 0.452 bits per heavy atom. The lowest BCUT2D eigenvalue weighted by Crippen LogP contribution is -2.64. The van der Waals surface area contributed by atoms with E-state index in [9.17, 15) is 47.9 Å². The van der Waals surface area contributed by atoms with Crippen LogP contribution >= 0.6 is 0 Å². The van der Waals surface area contributed by atoms with Gasteiger partial charge in [0.05, 0.1) is 19.1 Å². The van der Waals surface area contributed by atoms with Crippen LogP contribution in [-0.4, -0.2) is 173 Å². The van der Waals surface area contributed by atoms with Crippen LogP contribution in [0.2, 0.25) is 0 Å². The number of hydrogen-bond acceptors (Lipinski definition) is 15. The molecule has 6 N–H and O–H groups in total. The Morgan fingerprint density at radius 2 is 0.774 bits per heavy atom. The number of carbonyl (C=O) groups is 10. The van der Waals surface area contributed by atoms with Crippen molar-refractivity contribution in [3.8, 4) is 0 Å². The molecule has 3 saturated heterocycles. The second kappa shape index (κ2) is 24.2. The maximum atomic E-state index is 14.4. The molecule has 0 spiro atoms. The fraction of sp³-hybridized carbons (Fsp3) is 0.733. The zero-order valence-corrected chi connectivity index (χ0v) is 51.9. The molecule has 24 nitrogen and oxygen atoms in total. The van der Waals surface area contributed by atoms with Gasteiger partial charge in [0.15, 0.2) is 0 Å². The second-order valence-electron chi connectivity index (χ2n) is 28.5. The van der Waals surface area contributed by atoms with Crippen LogP contribution in [-0.2, 0) is 59.1 Å². The van der Waals surface area contributed by atoms with Crippen LogP contribution < -0.4 is 31.9 Å². The molecule has 7 rings (SSSR count). The van der Waals surface area contributed by atoms with E-state index in [0.717, 1.165) is 5.56 Å². The Hall–Kier alpha value is -6.88. The molecule has 0 bridgehead atoms. The summed E-state index contributed by atoms with van der Waals surface area (Å²) in [5.41, 5.74) is -3.99. The first-order chi connectivity index (χ1) is 38.8. The van der Waals surface area contributed by atoms with Gasteiger partial charge in [-0.05, 0) is 123 Å². The Balaban J connectivity index is 0.941. The maximum absolute atomic E-state index is 14.4. The standard InChI is InChI=1S/C60H91N9O15/c1-55(2,3)82-52(77)67-28-33(61-46(71)37-26-43(59(37,12)13)65-49(74)41-24-35(30-69(41)54(79)84-57(7,8)9)63-51(76)81-31-32-20-18-17-19-21-32)22-39(67)47(72)64-42-25-36(58(42,10)11)45(70)62-34-23-40(68(29-34)53(78)83-56(4,5)6)48(73)66-44-27-38(50(75)80-16)60(44,14)15/h17-21,33-44H,22-31H2,1-16H3,(H,61,71)(H,62,70)(H,63,76)(H,64,72)(H,65,74)(H,66,73)/t33-,34-,35-,36+,37+,38+,39-,40-,41-,42+,43+,44+/m0/s1. The molecule has 3 aliphatic heterocycles. The number of carbonyl (C=O) groups excluding carboxylic acids is 10. The topological polar surface area (TPSA) is 299 Å². The Bertz CT molecular complexity index is 2700. The largest absolute Gasteiger partial charge is 0.469 e. The van der Waals surface area contributed by atoms with E-state index in [2.05, 4.69) is 31.9 Å². The highest BCUT2D eigenvalue weighted by Gasteiger charge is 2.58. The summed E-state index contributed by atoms with van der Waals surface area (Å²) < 4.78 is 27.5. The monoisotopic (exact) mass is 1180 g/mol. The van der Waals surface area contributed by atoms with Crippen LogP contribution in [0.4, 0.5) is 19.2 Å². The first kappa shape index (κ1) is 64.7. The lowest BCUT2D eigenvalue weighted by atomic mass is 9.58. The van der Waals surface area contributed by atoms with Gasteiger partial charge in [-0.25, -0.2) is 19.2 Å². The average Bonchev–Trinajstić information content (AvgIpc) is 3.26. The molecular weight excluding hydrogens is 1090 g/mol. The van der Waals surface area contributed by atoms with Crippen LogP contribution in [0.3, 0.4) is 0 Å². The molecule has 466 valence electrons. The number of hydrogen-bond donors (Lipinski definition) is 6. The van der Waals surface area contributed by atoms with Gasteiger partial charge < -0.3 is 55.6 Å². The van der Waals surface area contributed by atoms with Crippen molar-refractivity contribution in [3.05, 3.63) is 35.9 Å². The fourth-order valence-corrected chi connectivity index (χ4v) is 12.4. The van der Waals surface area contributed by atoms with E-state index >= 15 is 0 Å². The number of ether oxygens (including phenoxy) is 5. The lowest BCUT2D eigenvalue weighted by molar-refractivity contribution is -0.160. The van der Waals surface area contributed by atoms with Gasteiger partial charge in [-0.15, -0.1) is 0 Å². The zero-order valence-electron chi connectivity index (χ0n) is 51.9. The number of likely N-dealkylation sites (tertiary alicyclic amines) is 3. The number of nitrogens with zero attached hydrogens (tertiary/aromatic N) is 3. The van der Waals surface area contributed by atoms with E-state index < -0.39 is 141 Å². The third-order valence-corrected chi connectivity index (χ3v) is 17.8. The highest BCUT2D eigenvalue weighted by atomic mass is 16.6. The van der Waals surface area contributed by atoms with Gasteiger partial charge in [0.2, 0.25) is 29.5 Å². The van der Waals surface area contributed by atoms with Crippen molar-refractivity contribution in [3.63, 3.8) is 0 Å². The summed E-state index contributed by atoms with van der Waals surface area (Å²) in [5.74, 6) is -3.96. The van der Waals surface area contributed by atoms with Gasteiger partial charge in [-0.2, -0.15) is 0 Å². The zero-order chi connectivity index (χ0) is 62.4. The first-order valence-corrected chi connectivity index (χ1v) is 29.3. The number of esters is 1. The van der Waals surface area contributed by atoms with Gasteiger partial charge >= 0.3 is 30.3 Å². The molecule has 1 aromatic carbocycles. The number of benzene rings is 1. The Labute approximate surface area is 493 Å². The highest BCUT2D eigenvalue weighted by Crippen LogP contribution is 2.49. The first-order valence-electron chi connectivity index (χ1n) is 29.3. The predicted molar refractivity (Wildman–Crippen MR) is 305 cm³/mol. The highest BCUT2D eigenvalue weighted by molar-refractivity contribution is 5.91. The predicted octanol–water partition coefficient (Wildman–Crippen LogP) is 5.04.